The van der Waals surface area contributed by atoms with E-state index in [9.17, 15) is 13.2 Å². The van der Waals surface area contributed by atoms with E-state index in [1.165, 1.54) is 6.26 Å². The molecule has 4 nitrogen and oxygen atoms in total. The first-order valence-corrected chi connectivity index (χ1v) is 10.9. The fourth-order valence-electron chi connectivity index (χ4n) is 2.99. The van der Waals surface area contributed by atoms with Gasteiger partial charge in [-0.2, -0.15) is 0 Å². The first-order valence-electron chi connectivity index (χ1n) is 8.79. The number of carbonyl (C=O) groups is 1. The summed E-state index contributed by atoms with van der Waals surface area (Å²) >= 11 is 0. The molecule has 2 rings (SSSR count). The predicted molar refractivity (Wildman–Crippen MR) is 108 cm³/mol. The quantitative estimate of drug-likeness (QED) is 0.796. The Hall–Kier alpha value is -2.14. The Labute approximate surface area is 156 Å². The highest BCUT2D eigenvalue weighted by molar-refractivity contribution is 7.89. The maximum Gasteiger partial charge on any atom is 0.255 e. The number of hydrogen-bond donors (Lipinski definition) is 1. The summed E-state index contributed by atoms with van der Waals surface area (Å²) in [6, 6.07) is 12.9. The van der Waals surface area contributed by atoms with Gasteiger partial charge in [0, 0.05) is 17.5 Å². The molecule has 0 atom stereocenters. The lowest BCUT2D eigenvalue weighted by Crippen LogP contribution is -2.16. The van der Waals surface area contributed by atoms with Gasteiger partial charge in [-0.1, -0.05) is 58.0 Å². The third-order valence-electron chi connectivity index (χ3n) is 4.23. The van der Waals surface area contributed by atoms with Gasteiger partial charge < -0.3 is 5.32 Å². The van der Waals surface area contributed by atoms with Crippen molar-refractivity contribution in [2.45, 2.75) is 45.3 Å². The Bertz CT molecular complexity index is 873. The Kier molecular flexibility index (Phi) is 6.24. The minimum atomic E-state index is -3.15. The molecule has 0 unspecified atom stereocenters. The van der Waals surface area contributed by atoms with Crippen LogP contribution in [0.1, 0.15) is 66.6 Å². The average molecular weight is 374 g/mol. The monoisotopic (exact) mass is 373 g/mol. The van der Waals surface area contributed by atoms with Crippen molar-refractivity contribution >= 4 is 21.4 Å². The maximum atomic E-state index is 12.8. The molecular weight excluding hydrogens is 346 g/mol. The van der Waals surface area contributed by atoms with Crippen molar-refractivity contribution in [3.8, 4) is 0 Å². The van der Waals surface area contributed by atoms with E-state index >= 15 is 0 Å². The molecule has 2 aromatic carbocycles. The molecule has 0 radical (unpaired) electrons. The summed E-state index contributed by atoms with van der Waals surface area (Å²) in [7, 11) is -3.15. The van der Waals surface area contributed by atoms with Crippen molar-refractivity contribution in [3.63, 3.8) is 0 Å². The number of para-hydroxylation sites is 1. The zero-order valence-corrected chi connectivity index (χ0v) is 16.9. The van der Waals surface area contributed by atoms with Crippen LogP contribution in [0.15, 0.2) is 42.5 Å². The number of nitrogens with one attached hydrogen (secondary N) is 1. The van der Waals surface area contributed by atoms with Gasteiger partial charge in [0.05, 0.1) is 5.75 Å². The molecule has 5 heteroatoms. The minimum Gasteiger partial charge on any atom is -0.321 e. The largest absolute Gasteiger partial charge is 0.321 e. The Morgan fingerprint density at radius 1 is 0.962 bits per heavy atom. The molecule has 140 valence electrons. The molecule has 1 N–H and O–H groups in total. The highest BCUT2D eigenvalue weighted by Crippen LogP contribution is 2.32. The van der Waals surface area contributed by atoms with Crippen LogP contribution < -0.4 is 5.32 Å². The van der Waals surface area contributed by atoms with Gasteiger partial charge in [0.25, 0.3) is 5.91 Å². The third-order valence-corrected chi connectivity index (χ3v) is 5.09. The Morgan fingerprint density at radius 2 is 1.50 bits per heavy atom. The van der Waals surface area contributed by atoms with Crippen molar-refractivity contribution < 1.29 is 13.2 Å². The van der Waals surface area contributed by atoms with E-state index < -0.39 is 9.84 Å². The lowest BCUT2D eigenvalue weighted by Gasteiger charge is -2.20. The normalized spacial score (nSPS) is 11.8. The van der Waals surface area contributed by atoms with E-state index in [2.05, 4.69) is 33.0 Å². The van der Waals surface area contributed by atoms with Gasteiger partial charge in [-0.15, -0.1) is 0 Å². The number of sulfone groups is 1. The lowest BCUT2D eigenvalue weighted by atomic mass is 9.92. The van der Waals surface area contributed by atoms with Gasteiger partial charge in [-0.05, 0) is 40.7 Å². The summed E-state index contributed by atoms with van der Waals surface area (Å²) in [5.41, 5.74) is 4.12. The van der Waals surface area contributed by atoms with Gasteiger partial charge in [0.1, 0.15) is 0 Å². The van der Waals surface area contributed by atoms with Crippen LogP contribution in [-0.4, -0.2) is 20.6 Å². The molecule has 0 fully saturated rings. The molecular formula is C21H27NO3S. The van der Waals surface area contributed by atoms with E-state index in [1.54, 1.807) is 24.3 Å². The van der Waals surface area contributed by atoms with Crippen LogP contribution in [0.5, 0.6) is 0 Å². The van der Waals surface area contributed by atoms with Gasteiger partial charge in [-0.25, -0.2) is 8.42 Å². The summed E-state index contributed by atoms with van der Waals surface area (Å²) in [6.07, 6.45) is 1.19. The summed E-state index contributed by atoms with van der Waals surface area (Å²) < 4.78 is 23.0. The number of anilines is 1. The summed E-state index contributed by atoms with van der Waals surface area (Å²) in [6.45, 7) is 8.40. The molecule has 0 saturated heterocycles. The molecule has 0 heterocycles. The fraction of sp³-hybridized carbons (Fsp3) is 0.381. The molecule has 0 saturated carbocycles. The molecule has 0 aliphatic carbocycles. The fourth-order valence-corrected chi connectivity index (χ4v) is 3.77. The Morgan fingerprint density at radius 3 is 2.00 bits per heavy atom. The molecule has 0 aliphatic rings. The van der Waals surface area contributed by atoms with Crippen LogP contribution >= 0.6 is 0 Å². The second-order valence-corrected chi connectivity index (χ2v) is 9.49. The number of amides is 1. The highest BCUT2D eigenvalue weighted by atomic mass is 32.2. The molecule has 2 aromatic rings. The van der Waals surface area contributed by atoms with Crippen LogP contribution in [0.4, 0.5) is 5.69 Å². The van der Waals surface area contributed by atoms with Gasteiger partial charge in [0.15, 0.2) is 9.84 Å². The van der Waals surface area contributed by atoms with Crippen LogP contribution in [0.3, 0.4) is 0 Å². The summed E-state index contributed by atoms with van der Waals surface area (Å²) in [5.74, 6) is 0.255. The standard InChI is InChI=1S/C21H27NO3S/c1-14(2)18-10-7-11-19(15(3)4)20(18)22-21(23)17-9-6-8-16(12-17)13-26(5,24)25/h6-12,14-15H,13H2,1-5H3,(H,22,23). The van der Waals surface area contributed by atoms with Crippen LogP contribution in [0.2, 0.25) is 0 Å². The van der Waals surface area contributed by atoms with Crippen LogP contribution in [0.25, 0.3) is 0 Å². The first-order chi connectivity index (χ1) is 12.1. The lowest BCUT2D eigenvalue weighted by molar-refractivity contribution is 0.102. The smallest absolute Gasteiger partial charge is 0.255 e. The molecule has 0 aliphatic heterocycles. The van der Waals surface area contributed by atoms with Crippen molar-refractivity contribution in [2.75, 3.05) is 11.6 Å². The Balaban J connectivity index is 2.38. The second kappa shape index (κ2) is 8.04. The number of rotatable bonds is 6. The van der Waals surface area contributed by atoms with E-state index in [-0.39, 0.29) is 23.5 Å². The highest BCUT2D eigenvalue weighted by Gasteiger charge is 2.17. The SMILES string of the molecule is CC(C)c1cccc(C(C)C)c1NC(=O)c1cccc(CS(C)(=O)=O)c1. The molecule has 1 amide bonds. The van der Waals surface area contributed by atoms with E-state index in [4.69, 9.17) is 0 Å². The zero-order valence-electron chi connectivity index (χ0n) is 16.0. The number of benzene rings is 2. The first kappa shape index (κ1) is 20.2. The van der Waals surface area contributed by atoms with Gasteiger partial charge in [0.2, 0.25) is 0 Å². The van der Waals surface area contributed by atoms with Crippen molar-refractivity contribution in [2.24, 2.45) is 0 Å². The third kappa shape index (κ3) is 5.18. The minimum absolute atomic E-state index is 0.0755. The molecule has 26 heavy (non-hydrogen) atoms. The average Bonchev–Trinajstić information content (AvgIpc) is 2.53. The van der Waals surface area contributed by atoms with Crippen LogP contribution in [-0.2, 0) is 15.6 Å². The summed E-state index contributed by atoms with van der Waals surface area (Å²) in [5, 5.41) is 3.06. The number of carbonyl (C=O) groups excluding carboxylic acids is 1. The van der Waals surface area contributed by atoms with Crippen molar-refractivity contribution in [1.29, 1.82) is 0 Å². The van der Waals surface area contributed by atoms with Gasteiger partial charge in [-0.3, -0.25) is 4.79 Å². The zero-order chi connectivity index (χ0) is 19.5. The van der Waals surface area contributed by atoms with E-state index in [0.29, 0.717) is 11.1 Å². The topological polar surface area (TPSA) is 63.2 Å². The summed E-state index contributed by atoms with van der Waals surface area (Å²) in [4.78, 5) is 12.8. The number of hydrogen-bond acceptors (Lipinski definition) is 3. The molecule has 0 bridgehead atoms. The van der Waals surface area contributed by atoms with Crippen LogP contribution in [0, 0.1) is 0 Å². The molecule has 0 spiro atoms. The molecule has 0 aromatic heterocycles. The second-order valence-electron chi connectivity index (χ2n) is 7.35. The van der Waals surface area contributed by atoms with Crippen molar-refractivity contribution in [1.82, 2.24) is 0 Å². The van der Waals surface area contributed by atoms with E-state index in [1.807, 2.05) is 18.2 Å². The van der Waals surface area contributed by atoms with Crippen molar-refractivity contribution in [3.05, 3.63) is 64.7 Å². The maximum absolute atomic E-state index is 12.8. The van der Waals surface area contributed by atoms with Gasteiger partial charge >= 0.3 is 0 Å². The van der Waals surface area contributed by atoms with E-state index in [0.717, 1.165) is 16.8 Å². The predicted octanol–water partition coefficient (Wildman–Crippen LogP) is 4.73.